The van der Waals surface area contributed by atoms with Crippen molar-refractivity contribution >= 4 is 19.0 Å². The number of nitrogens with zero attached hydrogens (tertiary/aromatic N) is 1. The molecule has 0 saturated carbocycles. The van der Waals surface area contributed by atoms with Gasteiger partial charge in [-0.05, 0) is 26.6 Å². The van der Waals surface area contributed by atoms with E-state index in [1.807, 2.05) is 0 Å². The van der Waals surface area contributed by atoms with Crippen LogP contribution < -0.4 is 11.5 Å². The van der Waals surface area contributed by atoms with Crippen LogP contribution in [0.5, 0.6) is 0 Å². The molecule has 0 spiro atoms. The Hall–Kier alpha value is -1.12. The predicted molar refractivity (Wildman–Crippen MR) is 78.2 cm³/mol. The van der Waals surface area contributed by atoms with Gasteiger partial charge >= 0.3 is 13.1 Å². The molecule has 4 N–H and O–H groups in total. The van der Waals surface area contributed by atoms with Crippen molar-refractivity contribution in [3.8, 4) is 0 Å². The van der Waals surface area contributed by atoms with E-state index < -0.39 is 24.2 Å². The molecule has 8 heteroatoms. The fourth-order valence-corrected chi connectivity index (χ4v) is 3.07. The van der Waals surface area contributed by atoms with Crippen LogP contribution in [0.2, 0.25) is 6.32 Å². The second-order valence-corrected chi connectivity index (χ2v) is 6.65. The lowest BCUT2D eigenvalue weighted by molar-refractivity contribution is -0.143. The van der Waals surface area contributed by atoms with Crippen molar-refractivity contribution in [1.82, 2.24) is 4.90 Å². The first-order valence-electron chi connectivity index (χ1n) is 7.29. The smallest absolute Gasteiger partial charge is 0.508 e. The molecule has 0 aromatic heterocycles. The van der Waals surface area contributed by atoms with E-state index in [0.717, 1.165) is 12.8 Å². The van der Waals surface area contributed by atoms with Gasteiger partial charge in [-0.3, -0.25) is 9.59 Å². The monoisotopic (exact) mass is 297 g/mol. The van der Waals surface area contributed by atoms with E-state index in [1.165, 1.54) is 7.11 Å². The standard InChI is InChI=1S/C13H24BN3O4/c1-12(2,15)10(18)17-7-9-5-4-6-14(20-3)21-11(19)13(9,16)8-17/h9H,4-8,15-16H2,1-3H3/t9?,13-/m0/s1. The van der Waals surface area contributed by atoms with Crippen LogP contribution in [-0.4, -0.2) is 55.2 Å². The molecule has 2 aliphatic rings. The molecule has 2 aliphatic heterocycles. The van der Waals surface area contributed by atoms with Crippen LogP contribution in [0.1, 0.15) is 26.7 Å². The Kier molecular flexibility index (Phi) is 4.32. The highest BCUT2D eigenvalue weighted by Gasteiger charge is 2.54. The van der Waals surface area contributed by atoms with Crippen molar-refractivity contribution in [2.24, 2.45) is 17.4 Å². The van der Waals surface area contributed by atoms with Crippen molar-refractivity contribution in [2.45, 2.75) is 44.1 Å². The molecule has 2 saturated heterocycles. The lowest BCUT2D eigenvalue weighted by atomic mass is 9.75. The van der Waals surface area contributed by atoms with Crippen molar-refractivity contribution in [3.05, 3.63) is 0 Å². The third kappa shape index (κ3) is 3.07. The van der Waals surface area contributed by atoms with Crippen molar-refractivity contribution in [1.29, 1.82) is 0 Å². The first kappa shape index (κ1) is 16.3. The normalized spacial score (nSPS) is 30.5. The fraction of sp³-hybridized carbons (Fsp3) is 0.846. The summed E-state index contributed by atoms with van der Waals surface area (Å²) in [4.78, 5) is 26.3. The molecular weight excluding hydrogens is 273 g/mol. The molecule has 2 rings (SSSR count). The van der Waals surface area contributed by atoms with Gasteiger partial charge in [-0.15, -0.1) is 0 Å². The minimum Gasteiger partial charge on any atom is -0.508 e. The third-order valence-electron chi connectivity index (χ3n) is 4.33. The van der Waals surface area contributed by atoms with Gasteiger partial charge in [-0.25, -0.2) is 0 Å². The highest BCUT2D eigenvalue weighted by molar-refractivity contribution is 6.47. The minimum atomic E-state index is -1.17. The predicted octanol–water partition coefficient (Wildman–Crippen LogP) is -0.649. The Morgan fingerprint density at radius 1 is 1.57 bits per heavy atom. The average molecular weight is 297 g/mol. The lowest BCUT2D eigenvalue weighted by Gasteiger charge is -2.31. The van der Waals surface area contributed by atoms with Crippen LogP contribution in [0, 0.1) is 5.92 Å². The summed E-state index contributed by atoms with van der Waals surface area (Å²) in [5, 5.41) is 0. The number of amides is 1. The molecule has 0 bridgehead atoms. The maximum atomic E-state index is 12.4. The van der Waals surface area contributed by atoms with Crippen molar-refractivity contribution in [2.75, 3.05) is 20.2 Å². The molecule has 0 aliphatic carbocycles. The van der Waals surface area contributed by atoms with Gasteiger partial charge in [-0.2, -0.15) is 0 Å². The Balaban J connectivity index is 2.19. The van der Waals surface area contributed by atoms with Gasteiger partial charge in [0.15, 0.2) is 0 Å². The van der Waals surface area contributed by atoms with E-state index >= 15 is 0 Å². The lowest BCUT2D eigenvalue weighted by Crippen LogP contribution is -2.58. The van der Waals surface area contributed by atoms with Gasteiger partial charge in [0.05, 0.1) is 5.54 Å². The van der Waals surface area contributed by atoms with E-state index in [9.17, 15) is 9.59 Å². The largest absolute Gasteiger partial charge is 0.527 e. The van der Waals surface area contributed by atoms with Gasteiger partial charge < -0.3 is 25.7 Å². The first-order valence-corrected chi connectivity index (χ1v) is 7.29. The molecule has 1 amide bonds. The fourth-order valence-electron chi connectivity index (χ4n) is 3.07. The second kappa shape index (κ2) is 5.59. The Bertz CT molecular complexity index is 440. The number of carbonyl (C=O) groups excluding carboxylic acids is 2. The van der Waals surface area contributed by atoms with Crippen LogP contribution >= 0.6 is 0 Å². The van der Waals surface area contributed by atoms with Crippen molar-refractivity contribution < 1.29 is 18.9 Å². The first-order chi connectivity index (χ1) is 9.68. The second-order valence-electron chi connectivity index (χ2n) is 6.65. The Morgan fingerprint density at radius 3 is 2.81 bits per heavy atom. The summed E-state index contributed by atoms with van der Waals surface area (Å²) in [7, 11) is 0.941. The van der Waals surface area contributed by atoms with Crippen LogP contribution in [0.3, 0.4) is 0 Å². The summed E-state index contributed by atoms with van der Waals surface area (Å²) in [6.45, 7) is 3.89. The molecule has 2 fully saturated rings. The van der Waals surface area contributed by atoms with Crippen LogP contribution in [-0.2, 0) is 18.9 Å². The van der Waals surface area contributed by atoms with Gasteiger partial charge in [0.25, 0.3) is 0 Å². The summed E-state index contributed by atoms with van der Waals surface area (Å²) < 4.78 is 10.4. The zero-order chi connectivity index (χ0) is 15.8. The average Bonchev–Trinajstić information content (AvgIpc) is 2.72. The number of carbonyl (C=O) groups is 2. The molecular formula is C13H24BN3O4. The maximum absolute atomic E-state index is 12.4. The van der Waals surface area contributed by atoms with E-state index in [2.05, 4.69) is 0 Å². The van der Waals surface area contributed by atoms with E-state index in [4.69, 9.17) is 20.8 Å². The van der Waals surface area contributed by atoms with Gasteiger partial charge in [0.2, 0.25) is 5.91 Å². The summed E-state index contributed by atoms with van der Waals surface area (Å²) in [6.07, 6.45) is 2.24. The van der Waals surface area contributed by atoms with Crippen LogP contribution in [0.4, 0.5) is 0 Å². The zero-order valence-corrected chi connectivity index (χ0v) is 12.9. The number of fused-ring (bicyclic) bond motifs is 1. The Morgan fingerprint density at radius 2 is 2.24 bits per heavy atom. The quantitative estimate of drug-likeness (QED) is 0.656. The summed E-state index contributed by atoms with van der Waals surface area (Å²) >= 11 is 0. The number of hydrogen-bond donors (Lipinski definition) is 2. The van der Waals surface area contributed by atoms with E-state index in [1.54, 1.807) is 18.7 Å². The molecule has 2 heterocycles. The molecule has 21 heavy (non-hydrogen) atoms. The van der Waals surface area contributed by atoms with Crippen molar-refractivity contribution in [3.63, 3.8) is 0 Å². The molecule has 7 nitrogen and oxygen atoms in total. The number of rotatable bonds is 2. The maximum Gasteiger partial charge on any atom is 0.527 e. The minimum absolute atomic E-state index is 0.103. The summed E-state index contributed by atoms with van der Waals surface area (Å²) in [5.41, 5.74) is 10.0. The highest BCUT2D eigenvalue weighted by atomic mass is 16.6. The van der Waals surface area contributed by atoms with E-state index in [-0.39, 0.29) is 18.4 Å². The van der Waals surface area contributed by atoms with Gasteiger partial charge in [0, 0.05) is 26.1 Å². The van der Waals surface area contributed by atoms with Crippen LogP contribution in [0.25, 0.3) is 0 Å². The number of nitrogens with two attached hydrogens (primary N) is 2. The number of hydrogen-bond acceptors (Lipinski definition) is 6. The zero-order valence-electron chi connectivity index (χ0n) is 12.9. The van der Waals surface area contributed by atoms with E-state index in [0.29, 0.717) is 12.9 Å². The summed E-state index contributed by atoms with van der Waals surface area (Å²) in [6, 6.07) is 0. The topological polar surface area (TPSA) is 108 Å². The van der Waals surface area contributed by atoms with Gasteiger partial charge in [0.1, 0.15) is 5.54 Å². The third-order valence-corrected chi connectivity index (χ3v) is 4.33. The molecule has 0 radical (unpaired) electrons. The molecule has 0 aromatic rings. The van der Waals surface area contributed by atoms with Gasteiger partial charge in [-0.1, -0.05) is 6.42 Å². The molecule has 118 valence electrons. The summed E-state index contributed by atoms with van der Waals surface area (Å²) in [5.74, 6) is -0.798. The molecule has 1 unspecified atom stereocenters. The molecule has 0 aromatic carbocycles. The molecule has 2 atom stereocenters. The van der Waals surface area contributed by atoms with Crippen LogP contribution in [0.15, 0.2) is 0 Å². The number of likely N-dealkylation sites (tertiary alicyclic amines) is 1. The Labute approximate surface area is 125 Å². The SMILES string of the molecule is COB1CCCC2CN(C(=O)C(C)(C)N)C[C@@]2(N)C(=O)O1. The highest BCUT2D eigenvalue weighted by Crippen LogP contribution is 2.34.